The number of benzene rings is 1. The molecule has 0 spiro atoms. The van der Waals surface area contributed by atoms with Crippen molar-refractivity contribution >= 4 is 9.84 Å². The summed E-state index contributed by atoms with van der Waals surface area (Å²) < 4.78 is 28.1. The van der Waals surface area contributed by atoms with Crippen molar-refractivity contribution in [2.24, 2.45) is 0 Å². The lowest BCUT2D eigenvalue weighted by molar-refractivity contribution is 0.410. The molecule has 5 nitrogen and oxygen atoms in total. The molecule has 0 fully saturated rings. The second-order valence-electron chi connectivity index (χ2n) is 4.11. The quantitative estimate of drug-likeness (QED) is 0.792. The van der Waals surface area contributed by atoms with E-state index in [4.69, 9.17) is 4.74 Å². The number of ether oxygens (including phenoxy) is 1. The number of hydrogen-bond acceptors (Lipinski definition) is 5. The van der Waals surface area contributed by atoms with E-state index >= 15 is 0 Å². The molecular weight excluding hydrogens is 264 g/mol. The Morgan fingerprint density at radius 1 is 1.21 bits per heavy atom. The first kappa shape index (κ1) is 13.5. The van der Waals surface area contributed by atoms with Gasteiger partial charge in [0.1, 0.15) is 12.1 Å². The van der Waals surface area contributed by atoms with E-state index in [9.17, 15) is 8.42 Å². The average molecular weight is 278 g/mol. The van der Waals surface area contributed by atoms with Crippen LogP contribution in [0.4, 0.5) is 0 Å². The summed E-state index contributed by atoms with van der Waals surface area (Å²) in [5, 5.41) is 0.0346. The zero-order valence-corrected chi connectivity index (χ0v) is 11.5. The molecule has 1 heterocycles. The summed E-state index contributed by atoms with van der Waals surface area (Å²) in [7, 11) is -1.72. The summed E-state index contributed by atoms with van der Waals surface area (Å²) in [5.41, 5.74) is 1.59. The predicted molar refractivity (Wildman–Crippen MR) is 70.9 cm³/mol. The lowest BCUT2D eigenvalue weighted by atomic mass is 10.1. The van der Waals surface area contributed by atoms with Crippen LogP contribution in [0.1, 0.15) is 11.3 Å². The fourth-order valence-electron chi connectivity index (χ4n) is 1.72. The van der Waals surface area contributed by atoms with Crippen LogP contribution in [-0.2, 0) is 16.3 Å². The van der Waals surface area contributed by atoms with Gasteiger partial charge in [0.05, 0.1) is 7.11 Å². The summed E-state index contributed by atoms with van der Waals surface area (Å²) in [6, 6.07) is 9.04. The monoisotopic (exact) mass is 278 g/mol. The molecule has 19 heavy (non-hydrogen) atoms. The van der Waals surface area contributed by atoms with Crippen molar-refractivity contribution in [3.05, 3.63) is 47.9 Å². The van der Waals surface area contributed by atoms with Gasteiger partial charge in [-0.2, -0.15) is 0 Å². The molecule has 0 bridgehead atoms. The zero-order valence-electron chi connectivity index (χ0n) is 10.7. The number of aromatic nitrogens is 2. The molecule has 0 atom stereocenters. The second kappa shape index (κ2) is 5.36. The van der Waals surface area contributed by atoms with Crippen LogP contribution in [0.3, 0.4) is 0 Å². The minimum atomic E-state index is -3.32. The summed E-state index contributed by atoms with van der Waals surface area (Å²) in [6.07, 6.45) is 2.89. The third-order valence-electron chi connectivity index (χ3n) is 2.64. The van der Waals surface area contributed by atoms with Gasteiger partial charge in [0, 0.05) is 23.9 Å². The highest BCUT2D eigenvalue weighted by molar-refractivity contribution is 7.90. The van der Waals surface area contributed by atoms with Gasteiger partial charge in [0.25, 0.3) is 0 Å². The molecule has 2 aromatic rings. The zero-order chi connectivity index (χ0) is 13.9. The van der Waals surface area contributed by atoms with Crippen molar-refractivity contribution in [3.63, 3.8) is 0 Å². The largest absolute Gasteiger partial charge is 0.496 e. The lowest BCUT2D eigenvalue weighted by Crippen LogP contribution is -2.04. The fraction of sp³-hybridized carbons (Fsp3) is 0.231. The van der Waals surface area contributed by atoms with Gasteiger partial charge in [-0.15, -0.1) is 0 Å². The van der Waals surface area contributed by atoms with Crippen LogP contribution in [-0.4, -0.2) is 31.8 Å². The van der Waals surface area contributed by atoms with Crippen LogP contribution in [0.2, 0.25) is 0 Å². The van der Waals surface area contributed by atoms with Gasteiger partial charge in [-0.1, -0.05) is 18.2 Å². The molecule has 0 radical (unpaired) electrons. The molecule has 1 aromatic carbocycles. The Balaban J connectivity index is 2.34. The summed E-state index contributed by atoms with van der Waals surface area (Å²) in [5.74, 6) is 0.752. The molecule has 6 heteroatoms. The van der Waals surface area contributed by atoms with Gasteiger partial charge in [-0.3, -0.25) is 0 Å². The smallest absolute Gasteiger partial charge is 0.192 e. The Bertz CT molecular complexity index is 684. The van der Waals surface area contributed by atoms with E-state index < -0.39 is 9.84 Å². The highest BCUT2D eigenvalue weighted by Gasteiger charge is 2.11. The summed E-state index contributed by atoms with van der Waals surface area (Å²) in [4.78, 5) is 7.86. The Labute approximate surface area is 112 Å². The van der Waals surface area contributed by atoms with E-state index in [1.54, 1.807) is 7.11 Å². The van der Waals surface area contributed by atoms with Crippen molar-refractivity contribution in [1.29, 1.82) is 0 Å². The highest BCUT2D eigenvalue weighted by atomic mass is 32.2. The Kier molecular flexibility index (Phi) is 3.80. The lowest BCUT2D eigenvalue weighted by Gasteiger charge is -2.07. The maximum Gasteiger partial charge on any atom is 0.192 e. The second-order valence-corrected chi connectivity index (χ2v) is 6.07. The van der Waals surface area contributed by atoms with Crippen LogP contribution in [0.25, 0.3) is 0 Å². The summed E-state index contributed by atoms with van der Waals surface area (Å²) in [6.45, 7) is 0. The van der Waals surface area contributed by atoms with E-state index in [1.807, 2.05) is 24.3 Å². The van der Waals surface area contributed by atoms with Crippen LogP contribution in [0, 0.1) is 0 Å². The number of methoxy groups -OCH3 is 1. The van der Waals surface area contributed by atoms with Crippen molar-refractivity contribution in [3.8, 4) is 5.75 Å². The molecule has 0 saturated carbocycles. The number of para-hydroxylation sites is 1. The van der Waals surface area contributed by atoms with Crippen molar-refractivity contribution in [2.75, 3.05) is 13.4 Å². The summed E-state index contributed by atoms with van der Waals surface area (Å²) >= 11 is 0. The molecule has 0 saturated heterocycles. The Morgan fingerprint density at radius 2 is 1.95 bits per heavy atom. The molecule has 0 aliphatic heterocycles. The van der Waals surface area contributed by atoms with Crippen molar-refractivity contribution in [2.45, 2.75) is 11.4 Å². The first-order chi connectivity index (χ1) is 9.00. The molecule has 2 rings (SSSR count). The minimum absolute atomic E-state index is 0.0346. The van der Waals surface area contributed by atoms with Crippen LogP contribution in [0.15, 0.2) is 41.7 Å². The third kappa shape index (κ3) is 3.29. The number of hydrogen-bond donors (Lipinski definition) is 0. The first-order valence-electron chi connectivity index (χ1n) is 5.63. The SMILES string of the molecule is COc1ccccc1Cc1cc(S(C)(=O)=O)ncn1. The molecule has 0 aliphatic carbocycles. The van der Waals surface area contributed by atoms with Crippen LogP contribution < -0.4 is 4.74 Å². The molecule has 1 aromatic heterocycles. The standard InChI is InChI=1S/C13H14N2O3S/c1-18-12-6-4-3-5-10(12)7-11-8-13(15-9-14-11)19(2,16)17/h3-6,8-9H,7H2,1-2H3. The van der Waals surface area contributed by atoms with Gasteiger partial charge in [0.15, 0.2) is 14.9 Å². The van der Waals surface area contributed by atoms with Gasteiger partial charge in [-0.05, 0) is 12.1 Å². The van der Waals surface area contributed by atoms with E-state index in [0.717, 1.165) is 17.6 Å². The topological polar surface area (TPSA) is 69.2 Å². The molecule has 100 valence electrons. The third-order valence-corrected chi connectivity index (χ3v) is 3.63. The predicted octanol–water partition coefficient (Wildman–Crippen LogP) is 1.48. The number of nitrogens with zero attached hydrogens (tertiary/aromatic N) is 2. The molecule has 0 amide bonds. The fourth-order valence-corrected chi connectivity index (χ4v) is 2.31. The normalized spacial score (nSPS) is 11.3. The minimum Gasteiger partial charge on any atom is -0.496 e. The molecule has 0 N–H and O–H groups in total. The first-order valence-corrected chi connectivity index (χ1v) is 7.52. The van der Waals surface area contributed by atoms with Crippen molar-refractivity contribution in [1.82, 2.24) is 9.97 Å². The van der Waals surface area contributed by atoms with E-state index in [1.165, 1.54) is 12.4 Å². The average Bonchev–Trinajstić information content (AvgIpc) is 2.39. The van der Waals surface area contributed by atoms with E-state index in [-0.39, 0.29) is 5.03 Å². The highest BCUT2D eigenvalue weighted by Crippen LogP contribution is 2.20. The maximum atomic E-state index is 11.4. The van der Waals surface area contributed by atoms with Gasteiger partial charge in [0.2, 0.25) is 0 Å². The van der Waals surface area contributed by atoms with Crippen molar-refractivity contribution < 1.29 is 13.2 Å². The molecule has 0 unspecified atom stereocenters. The van der Waals surface area contributed by atoms with Crippen LogP contribution >= 0.6 is 0 Å². The maximum absolute atomic E-state index is 11.4. The number of rotatable bonds is 4. The Hall–Kier alpha value is -1.95. The van der Waals surface area contributed by atoms with E-state index in [0.29, 0.717) is 12.1 Å². The van der Waals surface area contributed by atoms with Gasteiger partial charge < -0.3 is 4.74 Å². The molecular formula is C13H14N2O3S. The Morgan fingerprint density at radius 3 is 2.63 bits per heavy atom. The number of sulfone groups is 1. The van der Waals surface area contributed by atoms with Gasteiger partial charge >= 0.3 is 0 Å². The van der Waals surface area contributed by atoms with Crippen LogP contribution in [0.5, 0.6) is 5.75 Å². The van der Waals surface area contributed by atoms with E-state index in [2.05, 4.69) is 9.97 Å². The molecule has 0 aliphatic rings. The van der Waals surface area contributed by atoms with Gasteiger partial charge in [-0.25, -0.2) is 18.4 Å².